The Morgan fingerprint density at radius 2 is 2.00 bits per heavy atom. The van der Waals surface area contributed by atoms with Gasteiger partial charge in [0, 0.05) is 5.69 Å². The Balaban J connectivity index is 2.53. The first-order chi connectivity index (χ1) is 10.4. The van der Waals surface area contributed by atoms with E-state index in [9.17, 15) is 18.0 Å². The molecule has 0 atom stereocenters. The van der Waals surface area contributed by atoms with Crippen LogP contribution in [0.5, 0.6) is 0 Å². The van der Waals surface area contributed by atoms with Gasteiger partial charge in [0.05, 0.1) is 6.61 Å². The van der Waals surface area contributed by atoms with Gasteiger partial charge in [-0.15, -0.1) is 0 Å². The van der Waals surface area contributed by atoms with Gasteiger partial charge in [0.15, 0.2) is 11.4 Å². The van der Waals surface area contributed by atoms with Crippen LogP contribution in [-0.4, -0.2) is 27.3 Å². The smallest absolute Gasteiger partial charge is 0.434 e. The van der Waals surface area contributed by atoms with E-state index >= 15 is 0 Å². The van der Waals surface area contributed by atoms with Crippen molar-refractivity contribution < 1.29 is 22.7 Å². The number of hydrogen-bond donors (Lipinski definition) is 0. The van der Waals surface area contributed by atoms with Crippen LogP contribution in [0, 0.1) is 0 Å². The molecular formula is C13H10BF3IN2O2. The molecule has 0 aliphatic rings. The van der Waals surface area contributed by atoms with Gasteiger partial charge in [-0.25, -0.2) is 9.78 Å². The lowest BCUT2D eigenvalue weighted by Crippen LogP contribution is -2.18. The van der Waals surface area contributed by atoms with Crippen LogP contribution in [0.3, 0.4) is 0 Å². The fourth-order valence-electron chi connectivity index (χ4n) is 1.87. The summed E-state index contributed by atoms with van der Waals surface area (Å²) in [6.07, 6.45) is -3.76. The fraction of sp³-hybridized carbons (Fsp3) is 0.231. The molecule has 0 bridgehead atoms. The molecule has 4 nitrogen and oxygen atoms in total. The van der Waals surface area contributed by atoms with Crippen molar-refractivity contribution in [2.75, 3.05) is 6.61 Å². The van der Waals surface area contributed by atoms with Gasteiger partial charge in [-0.2, -0.15) is 35.5 Å². The minimum Gasteiger partial charge on any atom is -0.461 e. The van der Waals surface area contributed by atoms with Crippen molar-refractivity contribution >= 4 is 38.9 Å². The van der Waals surface area contributed by atoms with Crippen LogP contribution in [0.1, 0.15) is 23.1 Å². The average Bonchev–Trinajstić information content (AvgIpc) is 2.92. The second-order valence-electron chi connectivity index (χ2n) is 4.23. The minimum atomic E-state index is -4.73. The van der Waals surface area contributed by atoms with Crippen LogP contribution < -0.4 is 5.46 Å². The van der Waals surface area contributed by atoms with Crippen molar-refractivity contribution in [3.63, 3.8) is 0 Å². The molecule has 0 unspecified atom stereocenters. The molecule has 0 aliphatic heterocycles. The lowest BCUT2D eigenvalue weighted by atomic mass is 9.96. The summed E-state index contributed by atoms with van der Waals surface area (Å²) < 4.78 is 45.4. The summed E-state index contributed by atoms with van der Waals surface area (Å²) in [7, 11) is 0. The van der Waals surface area contributed by atoms with Gasteiger partial charge in [0.25, 0.3) is 0 Å². The number of esters is 1. The number of ether oxygens (including phenoxy) is 1. The van der Waals surface area contributed by atoms with Crippen LogP contribution in [0.15, 0.2) is 30.6 Å². The summed E-state index contributed by atoms with van der Waals surface area (Å²) in [4.78, 5) is 15.2. The molecule has 0 fully saturated rings. The molecule has 1 radical (unpaired) electrons. The molecule has 2 aromatic rings. The Kier molecular flexibility index (Phi) is 5.14. The van der Waals surface area contributed by atoms with E-state index in [-0.39, 0.29) is 12.3 Å². The third kappa shape index (κ3) is 3.45. The number of rotatable bonds is 4. The van der Waals surface area contributed by atoms with Crippen molar-refractivity contribution in [2.45, 2.75) is 13.1 Å². The molecule has 22 heavy (non-hydrogen) atoms. The second kappa shape index (κ2) is 6.72. The summed E-state index contributed by atoms with van der Waals surface area (Å²) in [6.45, 7) is 1.49. The van der Waals surface area contributed by atoms with Gasteiger partial charge in [-0.3, -0.25) is 4.57 Å². The maximum atomic E-state index is 13.3. The quantitative estimate of drug-likeness (QED) is 0.434. The number of imidazole rings is 1. The van der Waals surface area contributed by atoms with Crippen molar-refractivity contribution in [3.8, 4) is 5.69 Å². The molecule has 0 aliphatic carbocycles. The summed E-state index contributed by atoms with van der Waals surface area (Å²) in [5.41, 5.74) is -0.753. The lowest BCUT2D eigenvalue weighted by molar-refractivity contribution is -0.142. The van der Waals surface area contributed by atoms with Gasteiger partial charge in [0.2, 0.25) is 5.14 Å². The number of benzene rings is 1. The van der Waals surface area contributed by atoms with Crippen LogP contribution in [-0.2, 0) is 10.9 Å². The molecule has 0 saturated heterocycles. The highest BCUT2D eigenvalue weighted by Gasteiger charge is 2.41. The zero-order valence-electron chi connectivity index (χ0n) is 11.4. The Morgan fingerprint density at radius 1 is 1.36 bits per heavy atom. The van der Waals surface area contributed by atoms with E-state index in [2.05, 4.69) is 9.72 Å². The maximum absolute atomic E-state index is 13.3. The third-order valence-electron chi connectivity index (χ3n) is 2.80. The second-order valence-corrected chi connectivity index (χ2v) is 4.85. The Bertz CT molecular complexity index is 671. The highest BCUT2D eigenvalue weighted by atomic mass is 127. The number of carbonyl (C=O) groups excluding carboxylic acids is 1. The van der Waals surface area contributed by atoms with Crippen molar-refractivity contribution in [1.82, 2.24) is 9.55 Å². The van der Waals surface area contributed by atoms with Gasteiger partial charge < -0.3 is 4.74 Å². The van der Waals surface area contributed by atoms with Crippen molar-refractivity contribution in [2.24, 2.45) is 0 Å². The number of halogens is 4. The van der Waals surface area contributed by atoms with E-state index in [1.807, 2.05) is 22.4 Å². The Hall–Kier alpha value is -1.52. The molecule has 0 amide bonds. The molecule has 0 saturated carbocycles. The van der Waals surface area contributed by atoms with E-state index in [0.29, 0.717) is 0 Å². The SMILES string of the molecule is CCOC(=O)c1ncn(-c2ccc([B]I)cc2)c1C(F)(F)F. The van der Waals surface area contributed by atoms with Gasteiger partial charge in [-0.1, -0.05) is 17.6 Å². The minimum absolute atomic E-state index is 0.0246. The normalized spacial score (nSPS) is 11.3. The third-order valence-corrected chi connectivity index (χ3v) is 3.52. The van der Waals surface area contributed by atoms with Crippen LogP contribution in [0.25, 0.3) is 5.69 Å². The number of alkyl halides is 3. The monoisotopic (exact) mass is 421 g/mol. The Morgan fingerprint density at radius 3 is 2.50 bits per heavy atom. The first-order valence-electron chi connectivity index (χ1n) is 6.24. The van der Waals surface area contributed by atoms with E-state index in [1.165, 1.54) is 19.1 Å². The molecule has 9 heteroatoms. The first kappa shape index (κ1) is 16.8. The molecule has 115 valence electrons. The van der Waals surface area contributed by atoms with E-state index in [4.69, 9.17) is 0 Å². The fourth-order valence-corrected chi connectivity index (χ4v) is 2.29. The molecule has 1 heterocycles. The highest BCUT2D eigenvalue weighted by molar-refractivity contribution is 14.1. The largest absolute Gasteiger partial charge is 0.461 e. The lowest BCUT2D eigenvalue weighted by Gasteiger charge is -2.13. The van der Waals surface area contributed by atoms with Crippen molar-refractivity contribution in [1.29, 1.82) is 0 Å². The Labute approximate surface area is 138 Å². The molecule has 2 rings (SSSR count). The topological polar surface area (TPSA) is 44.1 Å². The zero-order chi connectivity index (χ0) is 16.3. The van der Waals surface area contributed by atoms with Crippen molar-refractivity contribution in [3.05, 3.63) is 42.0 Å². The average molecular weight is 421 g/mol. The molecule has 1 aromatic carbocycles. The number of aromatic nitrogens is 2. The number of hydrogen-bond acceptors (Lipinski definition) is 3. The van der Waals surface area contributed by atoms with E-state index in [0.717, 1.165) is 16.4 Å². The van der Waals surface area contributed by atoms with Gasteiger partial charge >= 0.3 is 12.1 Å². The number of nitrogens with zero attached hydrogens (tertiary/aromatic N) is 2. The summed E-state index contributed by atoms with van der Waals surface area (Å²) in [5.74, 6) is -1.09. The van der Waals surface area contributed by atoms with E-state index in [1.54, 1.807) is 17.3 Å². The summed E-state index contributed by atoms with van der Waals surface area (Å²) >= 11 is 2.04. The summed E-state index contributed by atoms with van der Waals surface area (Å²) in [6, 6.07) is 6.39. The standard InChI is InChI=1S/C13H10BF3IN2O2/c1-2-22-12(21)10-11(13(15,16)17)20(7-19-10)9-5-3-8(14-18)4-6-9/h3-7H,2H2,1H3. The highest BCUT2D eigenvalue weighted by Crippen LogP contribution is 2.33. The number of carbonyl (C=O) groups is 1. The van der Waals surface area contributed by atoms with Crippen LogP contribution in [0.4, 0.5) is 13.2 Å². The predicted molar refractivity (Wildman–Crippen MR) is 83.9 cm³/mol. The van der Waals surface area contributed by atoms with Crippen LogP contribution in [0.2, 0.25) is 0 Å². The summed E-state index contributed by atoms with van der Waals surface area (Å²) in [5, 5.41) is 1.80. The molecule has 0 spiro atoms. The van der Waals surface area contributed by atoms with E-state index < -0.39 is 23.5 Å². The van der Waals surface area contributed by atoms with Crippen LogP contribution >= 0.6 is 22.4 Å². The van der Waals surface area contributed by atoms with Gasteiger partial charge in [0.1, 0.15) is 6.33 Å². The van der Waals surface area contributed by atoms with Gasteiger partial charge in [-0.05, 0) is 19.1 Å². The molecule has 1 aromatic heterocycles. The zero-order valence-corrected chi connectivity index (χ0v) is 13.6. The molecule has 0 N–H and O–H groups in total. The molecular weight excluding hydrogens is 411 g/mol. The maximum Gasteiger partial charge on any atom is 0.434 e. The predicted octanol–water partition coefficient (Wildman–Crippen LogP) is 2.75. The first-order valence-corrected chi connectivity index (χ1v) is 7.48.